The molecule has 0 fully saturated rings. The number of nitrogens with two attached hydrogens (primary N) is 1. The molecule has 0 spiro atoms. The Kier molecular flexibility index (Phi) is 3.96. The topological polar surface area (TPSA) is 48.1 Å². The van der Waals surface area contributed by atoms with Gasteiger partial charge in [0, 0.05) is 17.4 Å². The lowest BCUT2D eigenvalue weighted by Gasteiger charge is -2.13. The fourth-order valence-electron chi connectivity index (χ4n) is 1.43. The van der Waals surface area contributed by atoms with Gasteiger partial charge in [-0.15, -0.1) is 0 Å². The first-order chi connectivity index (χ1) is 8.25. The van der Waals surface area contributed by atoms with Gasteiger partial charge in [-0.05, 0) is 29.8 Å². The molecule has 88 valence electrons. The summed E-state index contributed by atoms with van der Waals surface area (Å²) in [4.78, 5) is 4.02. The number of pyridine rings is 1. The first-order valence-electron chi connectivity index (χ1n) is 5.29. The van der Waals surface area contributed by atoms with Gasteiger partial charge in [-0.1, -0.05) is 23.7 Å². The number of nitrogens with zero attached hydrogens (tertiary/aromatic N) is 1. The Morgan fingerprint density at radius 2 is 2.18 bits per heavy atom. The largest absolute Gasteiger partial charge is 0.492 e. The number of aromatic nitrogens is 1. The third-order valence-corrected chi connectivity index (χ3v) is 2.57. The number of hydrogen-bond donors (Lipinski definition) is 1. The van der Waals surface area contributed by atoms with Gasteiger partial charge in [0.2, 0.25) is 0 Å². The maximum absolute atomic E-state index is 5.98. The SMILES string of the molecule is NC(COc1cccc(Cl)c1)c1cccnc1. The molecule has 2 rings (SSSR count). The average Bonchev–Trinajstić information content (AvgIpc) is 2.37. The number of halogens is 1. The van der Waals surface area contributed by atoms with Crippen LogP contribution in [0.5, 0.6) is 5.75 Å². The summed E-state index contributed by atoms with van der Waals surface area (Å²) in [6.45, 7) is 0.395. The Labute approximate surface area is 105 Å². The van der Waals surface area contributed by atoms with Gasteiger partial charge in [0.1, 0.15) is 12.4 Å². The van der Waals surface area contributed by atoms with Gasteiger partial charge >= 0.3 is 0 Å². The highest BCUT2D eigenvalue weighted by Crippen LogP contribution is 2.18. The molecular formula is C13H13ClN2O. The number of rotatable bonds is 4. The molecule has 0 amide bonds. The molecule has 2 N–H and O–H groups in total. The van der Waals surface area contributed by atoms with E-state index in [0.717, 1.165) is 11.3 Å². The maximum Gasteiger partial charge on any atom is 0.120 e. The van der Waals surface area contributed by atoms with E-state index in [9.17, 15) is 0 Å². The molecule has 1 heterocycles. The minimum atomic E-state index is -0.192. The van der Waals surface area contributed by atoms with Crippen LogP contribution in [0.1, 0.15) is 11.6 Å². The quantitative estimate of drug-likeness (QED) is 0.905. The number of ether oxygens (including phenoxy) is 1. The highest BCUT2D eigenvalue weighted by Gasteiger charge is 2.06. The fraction of sp³-hybridized carbons (Fsp3) is 0.154. The van der Waals surface area contributed by atoms with Crippen molar-refractivity contribution in [2.24, 2.45) is 5.73 Å². The summed E-state index contributed by atoms with van der Waals surface area (Å²) in [6.07, 6.45) is 3.46. The molecular weight excluding hydrogens is 236 g/mol. The third kappa shape index (κ3) is 3.44. The molecule has 0 aliphatic heterocycles. The first kappa shape index (κ1) is 11.9. The molecule has 0 bridgehead atoms. The van der Waals surface area contributed by atoms with Gasteiger partial charge in [0.25, 0.3) is 0 Å². The summed E-state index contributed by atoms with van der Waals surface area (Å²) in [5.74, 6) is 0.719. The van der Waals surface area contributed by atoms with Gasteiger partial charge in [-0.2, -0.15) is 0 Å². The van der Waals surface area contributed by atoms with Crippen molar-refractivity contribution in [2.45, 2.75) is 6.04 Å². The second kappa shape index (κ2) is 5.66. The van der Waals surface area contributed by atoms with E-state index < -0.39 is 0 Å². The molecule has 4 heteroatoms. The third-order valence-electron chi connectivity index (χ3n) is 2.34. The van der Waals surface area contributed by atoms with Crippen molar-refractivity contribution < 1.29 is 4.74 Å². The van der Waals surface area contributed by atoms with E-state index in [-0.39, 0.29) is 6.04 Å². The van der Waals surface area contributed by atoms with Gasteiger partial charge in [-0.25, -0.2) is 0 Å². The molecule has 1 atom stereocenters. The summed E-state index contributed by atoms with van der Waals surface area (Å²) >= 11 is 5.86. The molecule has 1 aromatic carbocycles. The minimum absolute atomic E-state index is 0.192. The molecule has 1 unspecified atom stereocenters. The predicted molar refractivity (Wildman–Crippen MR) is 68.1 cm³/mol. The van der Waals surface area contributed by atoms with Crippen LogP contribution in [-0.4, -0.2) is 11.6 Å². The highest BCUT2D eigenvalue weighted by molar-refractivity contribution is 6.30. The van der Waals surface area contributed by atoms with Crippen molar-refractivity contribution in [3.63, 3.8) is 0 Å². The Hall–Kier alpha value is -1.58. The van der Waals surface area contributed by atoms with Gasteiger partial charge in [-0.3, -0.25) is 4.98 Å². The normalized spacial score (nSPS) is 12.1. The zero-order valence-corrected chi connectivity index (χ0v) is 9.97. The van der Waals surface area contributed by atoms with Crippen LogP contribution in [0.3, 0.4) is 0 Å². The van der Waals surface area contributed by atoms with Crippen LogP contribution in [0.2, 0.25) is 5.02 Å². The zero-order chi connectivity index (χ0) is 12.1. The maximum atomic E-state index is 5.98. The van der Waals surface area contributed by atoms with E-state index in [1.807, 2.05) is 24.3 Å². The van der Waals surface area contributed by atoms with Crippen LogP contribution in [0.25, 0.3) is 0 Å². The van der Waals surface area contributed by atoms with Crippen LogP contribution in [0.15, 0.2) is 48.8 Å². The van der Waals surface area contributed by atoms with Gasteiger partial charge in [0.05, 0.1) is 6.04 Å². The van der Waals surface area contributed by atoms with Crippen LogP contribution in [0.4, 0.5) is 0 Å². The smallest absolute Gasteiger partial charge is 0.120 e. The first-order valence-corrected chi connectivity index (χ1v) is 5.67. The lowest BCUT2D eigenvalue weighted by atomic mass is 10.1. The highest BCUT2D eigenvalue weighted by atomic mass is 35.5. The molecule has 17 heavy (non-hydrogen) atoms. The van der Waals surface area contributed by atoms with E-state index in [1.54, 1.807) is 24.5 Å². The summed E-state index contributed by atoms with van der Waals surface area (Å²) in [6, 6.07) is 10.8. The molecule has 2 aromatic rings. The number of hydrogen-bond acceptors (Lipinski definition) is 3. The number of benzene rings is 1. The monoisotopic (exact) mass is 248 g/mol. The van der Waals surface area contributed by atoms with Crippen LogP contribution < -0.4 is 10.5 Å². The molecule has 0 saturated heterocycles. The predicted octanol–water partition coefficient (Wildman–Crippen LogP) is 2.81. The Balaban J connectivity index is 1.95. The molecule has 0 aliphatic rings. The summed E-state index contributed by atoms with van der Waals surface area (Å²) < 4.78 is 5.57. The second-order valence-electron chi connectivity index (χ2n) is 3.66. The van der Waals surface area contributed by atoms with E-state index in [0.29, 0.717) is 11.6 Å². The summed E-state index contributed by atoms with van der Waals surface area (Å²) in [5, 5.41) is 0.650. The van der Waals surface area contributed by atoms with Crippen molar-refractivity contribution in [3.05, 3.63) is 59.4 Å². The average molecular weight is 249 g/mol. The zero-order valence-electron chi connectivity index (χ0n) is 9.21. The van der Waals surface area contributed by atoms with Crippen LogP contribution in [-0.2, 0) is 0 Å². The molecule has 0 radical (unpaired) electrons. The summed E-state index contributed by atoms with van der Waals surface area (Å²) in [7, 11) is 0. The van der Waals surface area contributed by atoms with Crippen LogP contribution in [0, 0.1) is 0 Å². The van der Waals surface area contributed by atoms with Gasteiger partial charge < -0.3 is 10.5 Å². The van der Waals surface area contributed by atoms with Crippen molar-refractivity contribution in [1.82, 2.24) is 4.98 Å². The van der Waals surface area contributed by atoms with Crippen molar-refractivity contribution in [1.29, 1.82) is 0 Å². The van der Waals surface area contributed by atoms with Gasteiger partial charge in [0.15, 0.2) is 0 Å². The molecule has 0 aliphatic carbocycles. The second-order valence-corrected chi connectivity index (χ2v) is 4.10. The van der Waals surface area contributed by atoms with Crippen LogP contribution >= 0.6 is 11.6 Å². The summed E-state index contributed by atoms with van der Waals surface area (Å²) in [5.41, 5.74) is 6.94. The fourth-order valence-corrected chi connectivity index (χ4v) is 1.61. The minimum Gasteiger partial charge on any atom is -0.492 e. The Morgan fingerprint density at radius 3 is 2.88 bits per heavy atom. The molecule has 1 aromatic heterocycles. The lowest BCUT2D eigenvalue weighted by Crippen LogP contribution is -2.19. The Bertz CT molecular complexity index is 476. The van der Waals surface area contributed by atoms with E-state index in [1.165, 1.54) is 0 Å². The van der Waals surface area contributed by atoms with Crippen molar-refractivity contribution in [3.8, 4) is 5.75 Å². The lowest BCUT2D eigenvalue weighted by molar-refractivity contribution is 0.290. The molecule has 0 saturated carbocycles. The Morgan fingerprint density at radius 1 is 1.29 bits per heavy atom. The van der Waals surface area contributed by atoms with Crippen molar-refractivity contribution >= 4 is 11.6 Å². The van der Waals surface area contributed by atoms with Crippen molar-refractivity contribution in [2.75, 3.05) is 6.61 Å². The van der Waals surface area contributed by atoms with E-state index in [2.05, 4.69) is 4.98 Å². The standard InChI is InChI=1S/C13H13ClN2O/c14-11-4-1-5-12(7-11)17-9-13(15)10-3-2-6-16-8-10/h1-8,13H,9,15H2. The van der Waals surface area contributed by atoms with E-state index >= 15 is 0 Å². The van der Waals surface area contributed by atoms with E-state index in [4.69, 9.17) is 22.1 Å². The molecule has 3 nitrogen and oxygen atoms in total.